The SMILES string of the molecule is C.CB(C)CC1CO1.CB(C)CCC1CO1. The Labute approximate surface area is 103 Å². The second-order valence-electron chi connectivity index (χ2n) is 5.51. The van der Waals surface area contributed by atoms with Gasteiger partial charge in [0.1, 0.15) is 13.4 Å². The lowest BCUT2D eigenvalue weighted by Crippen LogP contribution is -2.02. The molecule has 94 valence electrons. The van der Waals surface area contributed by atoms with Crippen LogP contribution in [-0.4, -0.2) is 38.8 Å². The van der Waals surface area contributed by atoms with Crippen LogP contribution in [0.25, 0.3) is 0 Å². The first kappa shape index (κ1) is 16.0. The van der Waals surface area contributed by atoms with Crippen molar-refractivity contribution in [1.82, 2.24) is 0 Å². The third-order valence-electron chi connectivity index (χ3n) is 2.61. The normalized spacial score (nSPS) is 24.8. The Morgan fingerprint density at radius 3 is 1.69 bits per heavy atom. The van der Waals surface area contributed by atoms with Crippen LogP contribution < -0.4 is 0 Å². The van der Waals surface area contributed by atoms with E-state index in [2.05, 4.69) is 27.3 Å². The molecule has 2 heterocycles. The molecule has 0 radical (unpaired) electrons. The Kier molecular flexibility index (Phi) is 8.21. The van der Waals surface area contributed by atoms with E-state index in [9.17, 15) is 0 Å². The molecule has 0 amide bonds. The van der Waals surface area contributed by atoms with Crippen molar-refractivity contribution in [3.8, 4) is 0 Å². The van der Waals surface area contributed by atoms with Gasteiger partial charge >= 0.3 is 0 Å². The van der Waals surface area contributed by atoms with Gasteiger partial charge in [0.2, 0.25) is 0 Å². The molecule has 0 aromatic carbocycles. The molecule has 0 bridgehead atoms. The van der Waals surface area contributed by atoms with Gasteiger partial charge in [0, 0.05) is 0 Å². The first-order valence-corrected chi connectivity index (χ1v) is 6.31. The van der Waals surface area contributed by atoms with Crippen LogP contribution >= 0.6 is 0 Å². The maximum Gasteiger partial charge on any atom is 0.136 e. The van der Waals surface area contributed by atoms with Crippen molar-refractivity contribution in [3.63, 3.8) is 0 Å². The van der Waals surface area contributed by atoms with Gasteiger partial charge in [-0.2, -0.15) is 0 Å². The summed E-state index contributed by atoms with van der Waals surface area (Å²) in [5, 5.41) is 0. The van der Waals surface area contributed by atoms with Gasteiger partial charge in [-0.15, -0.1) is 0 Å². The van der Waals surface area contributed by atoms with Crippen molar-refractivity contribution in [2.24, 2.45) is 0 Å². The number of epoxide rings is 2. The van der Waals surface area contributed by atoms with Gasteiger partial charge in [0.25, 0.3) is 0 Å². The van der Waals surface area contributed by atoms with E-state index in [4.69, 9.17) is 9.47 Å². The van der Waals surface area contributed by atoms with E-state index in [0.29, 0.717) is 12.2 Å². The smallest absolute Gasteiger partial charge is 0.136 e. The van der Waals surface area contributed by atoms with Gasteiger partial charge in [0.05, 0.1) is 25.4 Å². The molecule has 2 aliphatic heterocycles. The third-order valence-corrected chi connectivity index (χ3v) is 2.61. The Hall–Kier alpha value is 0.0499. The summed E-state index contributed by atoms with van der Waals surface area (Å²) < 4.78 is 10.1. The largest absolute Gasteiger partial charge is 0.374 e. The zero-order valence-corrected chi connectivity index (χ0v) is 10.7. The molecule has 0 aliphatic carbocycles. The van der Waals surface area contributed by atoms with Crippen LogP contribution in [0, 0.1) is 0 Å². The summed E-state index contributed by atoms with van der Waals surface area (Å²) in [6.45, 7) is 12.6. The lowest BCUT2D eigenvalue weighted by molar-refractivity contribution is 0.403. The second-order valence-corrected chi connectivity index (χ2v) is 5.51. The van der Waals surface area contributed by atoms with E-state index in [1.54, 1.807) is 0 Å². The first-order valence-electron chi connectivity index (χ1n) is 6.31. The lowest BCUT2D eigenvalue weighted by atomic mass is 9.51. The summed E-state index contributed by atoms with van der Waals surface area (Å²) in [5.41, 5.74) is 0. The van der Waals surface area contributed by atoms with Gasteiger partial charge in [-0.1, -0.05) is 41.0 Å². The Balaban J connectivity index is 0.000000267. The lowest BCUT2D eigenvalue weighted by Gasteiger charge is -1.94. The average molecular weight is 226 g/mol. The quantitative estimate of drug-likeness (QED) is 0.530. The zero-order chi connectivity index (χ0) is 11.3. The Morgan fingerprint density at radius 2 is 1.44 bits per heavy atom. The highest BCUT2D eigenvalue weighted by Gasteiger charge is 2.23. The number of hydrogen-bond acceptors (Lipinski definition) is 2. The summed E-state index contributed by atoms with van der Waals surface area (Å²) >= 11 is 0. The van der Waals surface area contributed by atoms with Crippen LogP contribution in [0.3, 0.4) is 0 Å². The minimum Gasteiger partial charge on any atom is -0.374 e. The second kappa shape index (κ2) is 8.19. The standard InChI is InChI=1S/C6H13BO.C5H11BO.CH4/c1-7(2)4-3-6-5-8-6;1-6(2)3-5-4-7-5;/h6H,3-5H2,1-2H3;5H,3-4H2,1-2H3;1H4. The molecule has 2 aliphatic rings. The Bertz CT molecular complexity index is 164. The molecule has 0 N–H and O–H groups in total. The van der Waals surface area contributed by atoms with E-state index < -0.39 is 0 Å². The maximum atomic E-state index is 5.06. The predicted molar refractivity (Wildman–Crippen MR) is 75.4 cm³/mol. The molecule has 2 unspecified atom stereocenters. The van der Waals surface area contributed by atoms with Gasteiger partial charge < -0.3 is 9.47 Å². The molecular formula is C12H28B2O2. The van der Waals surface area contributed by atoms with Crippen LogP contribution in [0.2, 0.25) is 39.9 Å². The van der Waals surface area contributed by atoms with E-state index in [0.717, 1.165) is 26.6 Å². The molecule has 2 fully saturated rings. The molecule has 0 aromatic heterocycles. The molecule has 0 aromatic rings. The van der Waals surface area contributed by atoms with Crippen molar-refractivity contribution in [3.05, 3.63) is 0 Å². The van der Waals surface area contributed by atoms with Crippen molar-refractivity contribution in [2.75, 3.05) is 13.2 Å². The van der Waals surface area contributed by atoms with E-state index in [1.807, 2.05) is 0 Å². The first-order chi connectivity index (χ1) is 7.08. The summed E-state index contributed by atoms with van der Waals surface area (Å²) in [7, 11) is 0. The maximum absolute atomic E-state index is 5.06. The summed E-state index contributed by atoms with van der Waals surface area (Å²) in [6.07, 6.45) is 5.11. The van der Waals surface area contributed by atoms with Crippen molar-refractivity contribution >= 4 is 13.4 Å². The Morgan fingerprint density at radius 1 is 0.938 bits per heavy atom. The molecule has 16 heavy (non-hydrogen) atoms. The predicted octanol–water partition coefficient (Wildman–Crippen LogP) is 3.31. The minimum absolute atomic E-state index is 0. The van der Waals surface area contributed by atoms with E-state index >= 15 is 0 Å². The molecule has 4 heteroatoms. The van der Waals surface area contributed by atoms with Gasteiger partial charge in [0.15, 0.2) is 0 Å². The summed E-state index contributed by atoms with van der Waals surface area (Å²) in [4.78, 5) is 0. The van der Waals surface area contributed by atoms with Crippen LogP contribution in [0.5, 0.6) is 0 Å². The van der Waals surface area contributed by atoms with Crippen LogP contribution in [0.15, 0.2) is 0 Å². The minimum atomic E-state index is 0. The third kappa shape index (κ3) is 10.6. The highest BCUT2D eigenvalue weighted by atomic mass is 16.6. The fourth-order valence-corrected chi connectivity index (χ4v) is 1.48. The summed E-state index contributed by atoms with van der Waals surface area (Å²) in [6, 6.07) is 0. The number of ether oxygens (including phenoxy) is 2. The molecular weight excluding hydrogens is 198 g/mol. The van der Waals surface area contributed by atoms with Crippen LogP contribution in [0.1, 0.15) is 13.8 Å². The highest BCUT2D eigenvalue weighted by Crippen LogP contribution is 2.16. The highest BCUT2D eigenvalue weighted by molar-refractivity contribution is 6.56. The number of rotatable bonds is 5. The fourth-order valence-electron chi connectivity index (χ4n) is 1.48. The zero-order valence-electron chi connectivity index (χ0n) is 10.7. The van der Waals surface area contributed by atoms with Crippen LogP contribution in [-0.2, 0) is 9.47 Å². The van der Waals surface area contributed by atoms with Gasteiger partial charge in [-0.3, -0.25) is 0 Å². The summed E-state index contributed by atoms with van der Waals surface area (Å²) in [5.74, 6) is 0. The van der Waals surface area contributed by atoms with Crippen molar-refractivity contribution < 1.29 is 9.47 Å². The van der Waals surface area contributed by atoms with E-state index in [-0.39, 0.29) is 7.43 Å². The number of hydrogen-bond donors (Lipinski definition) is 0. The molecule has 2 rings (SSSR count). The molecule has 0 spiro atoms. The molecule has 0 saturated carbocycles. The fraction of sp³-hybridized carbons (Fsp3) is 1.00. The molecule has 2 saturated heterocycles. The average Bonchev–Trinajstić information content (AvgIpc) is 2.96. The van der Waals surface area contributed by atoms with Crippen molar-refractivity contribution in [2.45, 2.75) is 66.0 Å². The topological polar surface area (TPSA) is 25.1 Å². The van der Waals surface area contributed by atoms with Gasteiger partial charge in [-0.25, -0.2) is 0 Å². The van der Waals surface area contributed by atoms with Crippen LogP contribution in [0.4, 0.5) is 0 Å². The monoisotopic (exact) mass is 226 g/mol. The van der Waals surface area contributed by atoms with E-state index in [1.165, 1.54) is 19.1 Å². The molecule has 2 nitrogen and oxygen atoms in total. The van der Waals surface area contributed by atoms with Crippen molar-refractivity contribution in [1.29, 1.82) is 0 Å². The molecule has 2 atom stereocenters. The van der Waals surface area contributed by atoms with Gasteiger partial charge in [-0.05, 0) is 12.7 Å².